The molecular weight excluding hydrogens is 231 g/mol. The summed E-state index contributed by atoms with van der Waals surface area (Å²) in [6.45, 7) is 0.417. The van der Waals surface area contributed by atoms with Crippen LogP contribution in [0, 0.1) is 5.82 Å². The van der Waals surface area contributed by atoms with E-state index in [2.05, 4.69) is 10.2 Å². The standard InChI is InChI=1S/C14H11FN2O/c15-12-4-1-10(2-5-12)9-18-13-6-3-11-8-16-17-14(11)7-13/h1-8H,9H2,(H,16,17). The minimum atomic E-state index is -0.238. The third kappa shape index (κ3) is 2.18. The van der Waals surface area contributed by atoms with Gasteiger partial charge in [0.1, 0.15) is 18.2 Å². The molecule has 0 radical (unpaired) electrons. The molecule has 0 saturated carbocycles. The van der Waals surface area contributed by atoms with Crippen molar-refractivity contribution >= 4 is 10.9 Å². The van der Waals surface area contributed by atoms with Crippen LogP contribution in [-0.4, -0.2) is 10.2 Å². The predicted octanol–water partition coefficient (Wildman–Crippen LogP) is 3.28. The molecule has 0 aliphatic heterocycles. The van der Waals surface area contributed by atoms with Gasteiger partial charge in [0.25, 0.3) is 0 Å². The van der Waals surface area contributed by atoms with Gasteiger partial charge in [0.15, 0.2) is 0 Å². The number of nitrogens with zero attached hydrogens (tertiary/aromatic N) is 1. The molecule has 2 aromatic carbocycles. The van der Waals surface area contributed by atoms with Crippen molar-refractivity contribution in [1.29, 1.82) is 0 Å². The van der Waals surface area contributed by atoms with Crippen molar-refractivity contribution in [2.75, 3.05) is 0 Å². The molecule has 1 heterocycles. The first kappa shape index (κ1) is 10.8. The van der Waals surface area contributed by atoms with E-state index in [1.54, 1.807) is 18.3 Å². The second-order valence-electron chi connectivity index (χ2n) is 4.03. The minimum Gasteiger partial charge on any atom is -0.489 e. The molecule has 0 amide bonds. The number of hydrogen-bond acceptors (Lipinski definition) is 2. The van der Waals surface area contributed by atoms with Gasteiger partial charge in [0.2, 0.25) is 0 Å². The molecule has 0 saturated heterocycles. The van der Waals surface area contributed by atoms with Crippen LogP contribution in [0.3, 0.4) is 0 Å². The molecule has 0 fully saturated rings. The van der Waals surface area contributed by atoms with Crippen molar-refractivity contribution < 1.29 is 9.13 Å². The van der Waals surface area contributed by atoms with E-state index in [-0.39, 0.29) is 5.82 Å². The molecule has 0 bridgehead atoms. The summed E-state index contributed by atoms with van der Waals surface area (Å²) in [5.74, 6) is 0.522. The fraction of sp³-hybridized carbons (Fsp3) is 0.0714. The summed E-state index contributed by atoms with van der Waals surface area (Å²) < 4.78 is 18.4. The molecule has 3 rings (SSSR count). The first-order chi connectivity index (χ1) is 8.81. The van der Waals surface area contributed by atoms with E-state index in [0.717, 1.165) is 22.2 Å². The Hall–Kier alpha value is -2.36. The molecule has 3 nitrogen and oxygen atoms in total. The Morgan fingerprint density at radius 2 is 1.94 bits per heavy atom. The van der Waals surface area contributed by atoms with Crippen LogP contribution >= 0.6 is 0 Å². The number of nitrogens with one attached hydrogen (secondary N) is 1. The number of halogens is 1. The Morgan fingerprint density at radius 1 is 1.11 bits per heavy atom. The van der Waals surface area contributed by atoms with E-state index in [1.807, 2.05) is 18.2 Å². The number of fused-ring (bicyclic) bond motifs is 1. The average Bonchev–Trinajstić information content (AvgIpc) is 2.85. The molecule has 0 unspecified atom stereocenters. The second-order valence-corrected chi connectivity index (χ2v) is 4.03. The highest BCUT2D eigenvalue weighted by molar-refractivity contribution is 5.79. The predicted molar refractivity (Wildman–Crippen MR) is 66.8 cm³/mol. The topological polar surface area (TPSA) is 37.9 Å². The molecule has 90 valence electrons. The van der Waals surface area contributed by atoms with Crippen LogP contribution < -0.4 is 4.74 Å². The Balaban J connectivity index is 1.74. The number of ether oxygens (including phenoxy) is 1. The van der Waals surface area contributed by atoms with Gasteiger partial charge in [-0.2, -0.15) is 5.10 Å². The normalized spacial score (nSPS) is 10.7. The number of benzene rings is 2. The zero-order chi connectivity index (χ0) is 12.4. The zero-order valence-corrected chi connectivity index (χ0v) is 9.56. The van der Waals surface area contributed by atoms with E-state index in [9.17, 15) is 4.39 Å². The van der Waals surface area contributed by atoms with Crippen LogP contribution in [-0.2, 0) is 6.61 Å². The van der Waals surface area contributed by atoms with Crippen LogP contribution in [0.1, 0.15) is 5.56 Å². The first-order valence-electron chi connectivity index (χ1n) is 5.62. The zero-order valence-electron chi connectivity index (χ0n) is 9.56. The summed E-state index contributed by atoms with van der Waals surface area (Å²) in [5.41, 5.74) is 1.87. The Kier molecular flexibility index (Phi) is 2.68. The van der Waals surface area contributed by atoms with E-state index in [0.29, 0.717) is 6.61 Å². The average molecular weight is 242 g/mol. The number of hydrogen-bond donors (Lipinski definition) is 1. The van der Waals surface area contributed by atoms with Crippen LogP contribution in [0.5, 0.6) is 5.75 Å². The van der Waals surface area contributed by atoms with Crippen molar-refractivity contribution in [3.63, 3.8) is 0 Å². The van der Waals surface area contributed by atoms with Gasteiger partial charge in [-0.25, -0.2) is 4.39 Å². The second kappa shape index (κ2) is 4.49. The molecule has 0 atom stereocenters. The lowest BCUT2D eigenvalue weighted by molar-refractivity contribution is 0.306. The molecular formula is C14H11FN2O. The summed E-state index contributed by atoms with van der Waals surface area (Å²) in [6, 6.07) is 12.0. The number of rotatable bonds is 3. The monoisotopic (exact) mass is 242 g/mol. The Bertz CT molecular complexity index is 661. The number of H-pyrrole nitrogens is 1. The molecule has 18 heavy (non-hydrogen) atoms. The maximum Gasteiger partial charge on any atom is 0.123 e. The number of aromatic nitrogens is 2. The van der Waals surface area contributed by atoms with Crippen molar-refractivity contribution in [2.45, 2.75) is 6.61 Å². The third-order valence-electron chi connectivity index (χ3n) is 2.73. The van der Waals surface area contributed by atoms with Gasteiger partial charge in [-0.3, -0.25) is 5.10 Å². The van der Waals surface area contributed by atoms with Crippen LogP contribution in [0.2, 0.25) is 0 Å². The summed E-state index contributed by atoms with van der Waals surface area (Å²) in [6.07, 6.45) is 1.76. The lowest BCUT2D eigenvalue weighted by Gasteiger charge is -2.06. The van der Waals surface area contributed by atoms with Crippen LogP contribution in [0.25, 0.3) is 10.9 Å². The smallest absolute Gasteiger partial charge is 0.123 e. The number of aromatic amines is 1. The van der Waals surface area contributed by atoms with E-state index >= 15 is 0 Å². The Morgan fingerprint density at radius 3 is 2.78 bits per heavy atom. The summed E-state index contributed by atoms with van der Waals surface area (Å²) in [4.78, 5) is 0. The van der Waals surface area contributed by atoms with E-state index < -0.39 is 0 Å². The summed E-state index contributed by atoms with van der Waals surface area (Å²) in [5, 5.41) is 7.88. The van der Waals surface area contributed by atoms with Crippen LogP contribution in [0.15, 0.2) is 48.7 Å². The van der Waals surface area contributed by atoms with Crippen molar-refractivity contribution in [1.82, 2.24) is 10.2 Å². The lowest BCUT2D eigenvalue weighted by atomic mass is 10.2. The maximum absolute atomic E-state index is 12.7. The highest BCUT2D eigenvalue weighted by atomic mass is 19.1. The van der Waals surface area contributed by atoms with E-state index in [1.165, 1.54) is 12.1 Å². The summed E-state index contributed by atoms with van der Waals surface area (Å²) in [7, 11) is 0. The van der Waals surface area contributed by atoms with Gasteiger partial charge in [-0.1, -0.05) is 12.1 Å². The highest BCUT2D eigenvalue weighted by Crippen LogP contribution is 2.19. The molecule has 0 spiro atoms. The van der Waals surface area contributed by atoms with Gasteiger partial charge >= 0.3 is 0 Å². The molecule has 0 aliphatic carbocycles. The van der Waals surface area contributed by atoms with E-state index in [4.69, 9.17) is 4.74 Å². The first-order valence-corrected chi connectivity index (χ1v) is 5.62. The van der Waals surface area contributed by atoms with Crippen LogP contribution in [0.4, 0.5) is 4.39 Å². The fourth-order valence-electron chi connectivity index (χ4n) is 1.75. The minimum absolute atomic E-state index is 0.238. The fourth-order valence-corrected chi connectivity index (χ4v) is 1.75. The van der Waals surface area contributed by atoms with Gasteiger partial charge in [-0.05, 0) is 29.8 Å². The largest absolute Gasteiger partial charge is 0.489 e. The van der Waals surface area contributed by atoms with Crippen molar-refractivity contribution in [2.24, 2.45) is 0 Å². The molecule has 1 N–H and O–H groups in total. The quantitative estimate of drug-likeness (QED) is 0.765. The SMILES string of the molecule is Fc1ccc(COc2ccc3cn[nH]c3c2)cc1. The molecule has 3 aromatic rings. The maximum atomic E-state index is 12.7. The van der Waals surface area contributed by atoms with Crippen molar-refractivity contribution in [3.05, 3.63) is 60.0 Å². The third-order valence-corrected chi connectivity index (χ3v) is 2.73. The van der Waals surface area contributed by atoms with Gasteiger partial charge in [-0.15, -0.1) is 0 Å². The molecule has 0 aliphatic rings. The van der Waals surface area contributed by atoms with Crippen molar-refractivity contribution in [3.8, 4) is 5.75 Å². The summed E-state index contributed by atoms with van der Waals surface area (Å²) >= 11 is 0. The Labute approximate surface area is 103 Å². The van der Waals surface area contributed by atoms with Gasteiger partial charge in [0.05, 0.1) is 11.7 Å². The van der Waals surface area contributed by atoms with Gasteiger partial charge in [0, 0.05) is 11.5 Å². The van der Waals surface area contributed by atoms with Gasteiger partial charge < -0.3 is 4.74 Å². The molecule has 4 heteroatoms. The highest BCUT2D eigenvalue weighted by Gasteiger charge is 2.00. The lowest BCUT2D eigenvalue weighted by Crippen LogP contribution is -1.95. The molecule has 1 aromatic heterocycles.